The molecule has 1 aromatic rings. The molecule has 0 amide bonds. The summed E-state index contributed by atoms with van der Waals surface area (Å²) in [5.74, 6) is 0.917. The van der Waals surface area contributed by atoms with Crippen molar-refractivity contribution in [2.45, 2.75) is 32.6 Å². The Balaban J connectivity index is 1.81. The van der Waals surface area contributed by atoms with Crippen molar-refractivity contribution >= 4 is 5.69 Å². The molecule has 18 heavy (non-hydrogen) atoms. The van der Waals surface area contributed by atoms with Gasteiger partial charge in [-0.25, -0.2) is 0 Å². The molecule has 2 rings (SSSR count). The van der Waals surface area contributed by atoms with Crippen molar-refractivity contribution in [3.63, 3.8) is 0 Å². The van der Waals surface area contributed by atoms with Crippen LogP contribution in [-0.2, 0) is 0 Å². The van der Waals surface area contributed by atoms with Gasteiger partial charge in [-0.15, -0.1) is 0 Å². The van der Waals surface area contributed by atoms with Crippen LogP contribution in [-0.4, -0.2) is 13.2 Å². The summed E-state index contributed by atoms with van der Waals surface area (Å²) in [5, 5.41) is 12.2. The first-order valence-electron chi connectivity index (χ1n) is 6.62. The van der Waals surface area contributed by atoms with Gasteiger partial charge >= 0.3 is 0 Å². The van der Waals surface area contributed by atoms with E-state index < -0.39 is 0 Å². The van der Waals surface area contributed by atoms with Gasteiger partial charge in [0.25, 0.3) is 0 Å². The van der Waals surface area contributed by atoms with Crippen LogP contribution in [0.4, 0.5) is 5.69 Å². The molecule has 0 bridgehead atoms. The third kappa shape index (κ3) is 3.40. The predicted octanol–water partition coefficient (Wildman–Crippen LogP) is 3.58. The van der Waals surface area contributed by atoms with Crippen LogP contribution in [0.3, 0.4) is 0 Å². The Labute approximate surface area is 109 Å². The van der Waals surface area contributed by atoms with Crippen molar-refractivity contribution in [1.82, 2.24) is 0 Å². The highest BCUT2D eigenvalue weighted by molar-refractivity contribution is 5.46. The molecule has 3 heteroatoms. The maximum atomic E-state index is 8.76. The molecule has 0 aromatic heterocycles. The number of benzene rings is 1. The van der Waals surface area contributed by atoms with Crippen LogP contribution in [0.5, 0.6) is 5.75 Å². The fourth-order valence-corrected chi connectivity index (χ4v) is 1.94. The highest BCUT2D eigenvalue weighted by atomic mass is 16.5. The Kier molecular flexibility index (Phi) is 4.09. The van der Waals surface area contributed by atoms with Gasteiger partial charge in [0.15, 0.2) is 0 Å². The lowest BCUT2D eigenvalue weighted by Gasteiger charge is -2.13. The van der Waals surface area contributed by atoms with E-state index in [0.717, 1.165) is 31.0 Å². The Hall–Kier alpha value is -1.69. The third-order valence-corrected chi connectivity index (χ3v) is 3.41. The molecule has 0 aliphatic heterocycles. The summed E-state index contributed by atoms with van der Waals surface area (Å²) in [5.41, 5.74) is 1.34. The summed E-state index contributed by atoms with van der Waals surface area (Å²) >= 11 is 0. The molecule has 0 heterocycles. The molecule has 1 N–H and O–H groups in total. The predicted molar refractivity (Wildman–Crippen MR) is 72.6 cm³/mol. The Morgan fingerprint density at radius 1 is 1.33 bits per heavy atom. The molecular formula is C15H20N2O. The maximum absolute atomic E-state index is 8.76. The number of hydrogen-bond acceptors (Lipinski definition) is 3. The number of nitrogens with one attached hydrogen (secondary N) is 1. The molecular weight excluding hydrogens is 224 g/mol. The third-order valence-electron chi connectivity index (χ3n) is 3.41. The minimum atomic E-state index is 0.242. The Bertz CT molecular complexity index is 415. The number of rotatable bonds is 7. The van der Waals surface area contributed by atoms with E-state index in [1.165, 1.54) is 12.8 Å². The number of hydrogen-bond donors (Lipinski definition) is 1. The van der Waals surface area contributed by atoms with Gasteiger partial charge in [-0.3, -0.25) is 0 Å². The van der Waals surface area contributed by atoms with Crippen LogP contribution in [0.1, 0.15) is 32.6 Å². The highest BCUT2D eigenvalue weighted by Crippen LogP contribution is 2.48. The molecule has 0 unspecified atom stereocenters. The largest absolute Gasteiger partial charge is 0.494 e. The van der Waals surface area contributed by atoms with Gasteiger partial charge in [-0.1, -0.05) is 6.92 Å². The van der Waals surface area contributed by atoms with E-state index in [0.29, 0.717) is 6.42 Å². The fraction of sp³-hybridized carbons (Fsp3) is 0.533. The number of nitrogens with zero attached hydrogens (tertiary/aromatic N) is 1. The lowest BCUT2D eigenvalue weighted by molar-refractivity contribution is 0.317. The first kappa shape index (κ1) is 12.8. The molecule has 3 nitrogen and oxygen atoms in total. The highest BCUT2D eigenvalue weighted by Gasteiger charge is 2.42. The van der Waals surface area contributed by atoms with Crippen molar-refractivity contribution < 1.29 is 4.74 Å². The van der Waals surface area contributed by atoms with E-state index in [-0.39, 0.29) is 5.41 Å². The first-order chi connectivity index (χ1) is 8.78. The topological polar surface area (TPSA) is 45.0 Å². The number of nitriles is 1. The van der Waals surface area contributed by atoms with Gasteiger partial charge in [-0.05, 0) is 43.5 Å². The molecule has 96 valence electrons. The van der Waals surface area contributed by atoms with E-state index in [1.54, 1.807) is 0 Å². The van der Waals surface area contributed by atoms with Crippen molar-refractivity contribution in [3.8, 4) is 11.8 Å². The zero-order valence-corrected chi connectivity index (χ0v) is 10.9. The summed E-state index contributed by atoms with van der Waals surface area (Å²) in [6.07, 6.45) is 4.03. The van der Waals surface area contributed by atoms with Gasteiger partial charge < -0.3 is 10.1 Å². The standard InChI is InChI=1S/C15H20N2O/c1-2-11-18-14-5-3-13(4-6-14)17-12-15(7-8-15)9-10-16/h3-6,17H,2,7-9,11-12H2,1H3. The van der Waals surface area contributed by atoms with E-state index in [1.807, 2.05) is 24.3 Å². The van der Waals surface area contributed by atoms with Crippen molar-refractivity contribution in [1.29, 1.82) is 5.26 Å². The molecule has 0 radical (unpaired) electrons. The second kappa shape index (κ2) is 5.77. The lowest BCUT2D eigenvalue weighted by atomic mass is 10.0. The second-order valence-corrected chi connectivity index (χ2v) is 5.06. The van der Waals surface area contributed by atoms with Gasteiger partial charge in [0.1, 0.15) is 5.75 Å². The average molecular weight is 244 g/mol. The Morgan fingerprint density at radius 3 is 2.61 bits per heavy atom. The van der Waals surface area contributed by atoms with Crippen LogP contribution in [0.15, 0.2) is 24.3 Å². The smallest absolute Gasteiger partial charge is 0.119 e. The van der Waals surface area contributed by atoms with E-state index in [2.05, 4.69) is 18.3 Å². The number of ether oxygens (including phenoxy) is 1. The minimum Gasteiger partial charge on any atom is -0.494 e. The summed E-state index contributed by atoms with van der Waals surface area (Å²) in [6, 6.07) is 10.3. The van der Waals surface area contributed by atoms with Crippen LogP contribution in [0.25, 0.3) is 0 Å². The molecule has 1 aromatic carbocycles. The minimum absolute atomic E-state index is 0.242. The van der Waals surface area contributed by atoms with Crippen molar-refractivity contribution in [2.24, 2.45) is 5.41 Å². The normalized spacial score (nSPS) is 15.8. The van der Waals surface area contributed by atoms with Crippen LogP contribution in [0.2, 0.25) is 0 Å². The number of anilines is 1. The monoisotopic (exact) mass is 244 g/mol. The van der Waals surface area contributed by atoms with Gasteiger partial charge in [-0.2, -0.15) is 5.26 Å². The lowest BCUT2D eigenvalue weighted by Crippen LogP contribution is -2.14. The first-order valence-corrected chi connectivity index (χ1v) is 6.62. The average Bonchev–Trinajstić information content (AvgIpc) is 3.16. The van der Waals surface area contributed by atoms with Crippen molar-refractivity contribution in [2.75, 3.05) is 18.5 Å². The molecule has 1 aliphatic carbocycles. The quantitative estimate of drug-likeness (QED) is 0.797. The van der Waals surface area contributed by atoms with Crippen LogP contribution >= 0.6 is 0 Å². The van der Waals surface area contributed by atoms with E-state index in [9.17, 15) is 0 Å². The molecule has 0 atom stereocenters. The SMILES string of the molecule is CCCOc1ccc(NCC2(CC#N)CC2)cc1. The summed E-state index contributed by atoms with van der Waals surface area (Å²) in [4.78, 5) is 0. The Morgan fingerprint density at radius 2 is 2.06 bits per heavy atom. The van der Waals surface area contributed by atoms with Gasteiger partial charge in [0.2, 0.25) is 0 Å². The molecule has 1 aliphatic rings. The molecule has 1 fully saturated rings. The zero-order chi connectivity index (χ0) is 12.8. The van der Waals surface area contributed by atoms with Crippen LogP contribution in [0, 0.1) is 16.7 Å². The fourth-order valence-electron chi connectivity index (χ4n) is 1.94. The van der Waals surface area contributed by atoms with E-state index >= 15 is 0 Å². The summed E-state index contributed by atoms with van der Waals surface area (Å²) in [6.45, 7) is 3.76. The maximum Gasteiger partial charge on any atom is 0.119 e. The molecule has 1 saturated carbocycles. The molecule has 0 spiro atoms. The summed E-state index contributed by atoms with van der Waals surface area (Å²) in [7, 11) is 0. The van der Waals surface area contributed by atoms with Gasteiger partial charge in [0, 0.05) is 24.1 Å². The van der Waals surface area contributed by atoms with Gasteiger partial charge in [0.05, 0.1) is 12.7 Å². The summed E-state index contributed by atoms with van der Waals surface area (Å²) < 4.78 is 5.54. The zero-order valence-electron chi connectivity index (χ0n) is 10.9. The molecule has 0 saturated heterocycles. The second-order valence-electron chi connectivity index (χ2n) is 5.06. The van der Waals surface area contributed by atoms with Crippen molar-refractivity contribution in [3.05, 3.63) is 24.3 Å². The van der Waals surface area contributed by atoms with E-state index in [4.69, 9.17) is 10.00 Å². The van der Waals surface area contributed by atoms with Crippen LogP contribution < -0.4 is 10.1 Å².